The van der Waals surface area contributed by atoms with Crippen LogP contribution in [-0.4, -0.2) is 18.4 Å². The van der Waals surface area contributed by atoms with Crippen LogP contribution in [0.2, 0.25) is 0 Å². The van der Waals surface area contributed by atoms with E-state index < -0.39 is 24.0 Å². The number of halogens is 4. The van der Waals surface area contributed by atoms with Gasteiger partial charge in [0.25, 0.3) is 0 Å². The van der Waals surface area contributed by atoms with E-state index in [0.717, 1.165) is 0 Å². The van der Waals surface area contributed by atoms with Crippen LogP contribution in [0.1, 0.15) is 37.4 Å². The monoisotopic (exact) mass is 306 g/mol. The first kappa shape index (κ1) is 16.1. The van der Waals surface area contributed by atoms with Crippen LogP contribution < -0.4 is 4.74 Å². The minimum atomic E-state index is -4.18. The van der Waals surface area contributed by atoms with Gasteiger partial charge in [-0.05, 0) is 43.7 Å². The molecule has 118 valence electrons. The van der Waals surface area contributed by atoms with E-state index in [4.69, 9.17) is 4.74 Å². The van der Waals surface area contributed by atoms with Gasteiger partial charge >= 0.3 is 6.18 Å². The molecule has 1 saturated carbocycles. The fourth-order valence-corrected chi connectivity index (χ4v) is 2.89. The zero-order valence-electron chi connectivity index (χ0n) is 11.7. The molecule has 0 aliphatic heterocycles. The Hall–Kier alpha value is -1.30. The molecule has 0 aromatic heterocycles. The van der Waals surface area contributed by atoms with E-state index in [0.29, 0.717) is 5.75 Å². The van der Waals surface area contributed by atoms with Crippen molar-refractivity contribution in [1.29, 1.82) is 0 Å². The number of rotatable bonds is 3. The lowest BCUT2D eigenvalue weighted by Gasteiger charge is -2.32. The number of methoxy groups -OCH3 is 1. The highest BCUT2D eigenvalue weighted by Crippen LogP contribution is 2.43. The third-order valence-corrected chi connectivity index (χ3v) is 4.21. The van der Waals surface area contributed by atoms with Crippen molar-refractivity contribution in [3.63, 3.8) is 0 Å². The van der Waals surface area contributed by atoms with Crippen LogP contribution in [0.15, 0.2) is 18.2 Å². The fourth-order valence-electron chi connectivity index (χ4n) is 2.89. The summed E-state index contributed by atoms with van der Waals surface area (Å²) in [5.74, 6) is -1.91. The third-order valence-electron chi connectivity index (χ3n) is 4.21. The molecule has 1 atom stereocenters. The fraction of sp³-hybridized carbons (Fsp3) is 0.600. The predicted octanol–water partition coefficient (Wildman–Crippen LogP) is 4.24. The summed E-state index contributed by atoms with van der Waals surface area (Å²) in [7, 11) is 1.41. The van der Waals surface area contributed by atoms with E-state index in [-0.39, 0.29) is 37.2 Å². The number of alkyl halides is 3. The van der Waals surface area contributed by atoms with E-state index in [1.54, 1.807) is 0 Å². The quantitative estimate of drug-likeness (QED) is 0.847. The predicted molar refractivity (Wildman–Crippen MR) is 69.4 cm³/mol. The SMILES string of the molecule is COc1ccc(C(O)C2CCC(C(F)(F)F)CC2)c(F)c1. The summed E-state index contributed by atoms with van der Waals surface area (Å²) >= 11 is 0. The largest absolute Gasteiger partial charge is 0.497 e. The Morgan fingerprint density at radius 2 is 1.81 bits per heavy atom. The molecular formula is C15H18F4O2. The topological polar surface area (TPSA) is 29.5 Å². The summed E-state index contributed by atoms with van der Waals surface area (Å²) < 4.78 is 56.6. The van der Waals surface area contributed by atoms with Crippen molar-refractivity contribution in [2.75, 3.05) is 7.11 Å². The summed E-state index contributed by atoms with van der Waals surface area (Å²) in [5.41, 5.74) is 0.117. The number of aliphatic hydroxyl groups excluding tert-OH is 1. The van der Waals surface area contributed by atoms with Crippen molar-refractivity contribution < 1.29 is 27.4 Å². The van der Waals surface area contributed by atoms with Gasteiger partial charge in [0.1, 0.15) is 11.6 Å². The second kappa shape index (κ2) is 6.22. The van der Waals surface area contributed by atoms with Crippen LogP contribution in [0.3, 0.4) is 0 Å². The lowest BCUT2D eigenvalue weighted by Crippen LogP contribution is -2.29. The van der Waals surface area contributed by atoms with Gasteiger partial charge in [-0.3, -0.25) is 0 Å². The summed E-state index contributed by atoms with van der Waals surface area (Å²) in [6, 6.07) is 4.12. The van der Waals surface area contributed by atoms with Gasteiger partial charge in [-0.1, -0.05) is 0 Å². The van der Waals surface area contributed by atoms with E-state index in [1.165, 1.54) is 25.3 Å². The van der Waals surface area contributed by atoms with Crippen LogP contribution in [0.5, 0.6) is 5.75 Å². The lowest BCUT2D eigenvalue weighted by molar-refractivity contribution is -0.185. The Bertz CT molecular complexity index is 479. The van der Waals surface area contributed by atoms with Crippen molar-refractivity contribution in [3.05, 3.63) is 29.6 Å². The minimum absolute atomic E-state index is 0.0109. The molecule has 1 fully saturated rings. The molecule has 0 bridgehead atoms. The van der Waals surface area contributed by atoms with Crippen molar-refractivity contribution in [3.8, 4) is 5.75 Å². The molecule has 0 amide bonds. The second-order valence-electron chi connectivity index (χ2n) is 5.49. The average molecular weight is 306 g/mol. The average Bonchev–Trinajstić information content (AvgIpc) is 2.45. The highest BCUT2D eigenvalue weighted by molar-refractivity contribution is 5.30. The van der Waals surface area contributed by atoms with Gasteiger partial charge in [0.15, 0.2) is 0 Å². The minimum Gasteiger partial charge on any atom is -0.497 e. The number of aliphatic hydroxyl groups is 1. The van der Waals surface area contributed by atoms with Crippen LogP contribution in [0.25, 0.3) is 0 Å². The van der Waals surface area contributed by atoms with Crippen molar-refractivity contribution in [1.82, 2.24) is 0 Å². The zero-order valence-corrected chi connectivity index (χ0v) is 11.7. The van der Waals surface area contributed by atoms with E-state index >= 15 is 0 Å². The maximum atomic E-state index is 13.9. The molecule has 1 aromatic carbocycles. The molecule has 1 aromatic rings. The zero-order chi connectivity index (χ0) is 15.6. The van der Waals surface area contributed by atoms with Gasteiger partial charge in [-0.25, -0.2) is 4.39 Å². The number of ether oxygens (including phenoxy) is 1. The Morgan fingerprint density at radius 3 is 2.29 bits per heavy atom. The summed E-state index contributed by atoms with van der Waals surface area (Å²) in [5, 5.41) is 10.2. The molecule has 0 spiro atoms. The van der Waals surface area contributed by atoms with Crippen LogP contribution in [0, 0.1) is 17.7 Å². The van der Waals surface area contributed by atoms with E-state index in [2.05, 4.69) is 0 Å². The first-order chi connectivity index (χ1) is 9.82. The van der Waals surface area contributed by atoms with Crippen molar-refractivity contribution in [2.45, 2.75) is 38.0 Å². The van der Waals surface area contributed by atoms with Crippen molar-refractivity contribution in [2.24, 2.45) is 11.8 Å². The Balaban J connectivity index is 2.03. The molecule has 1 aliphatic rings. The highest BCUT2D eigenvalue weighted by Gasteiger charge is 2.42. The molecule has 0 radical (unpaired) electrons. The molecule has 2 rings (SSSR count). The van der Waals surface area contributed by atoms with Gasteiger partial charge in [0.2, 0.25) is 0 Å². The first-order valence-corrected chi connectivity index (χ1v) is 6.91. The van der Waals surface area contributed by atoms with Gasteiger partial charge in [-0.2, -0.15) is 13.2 Å². The third kappa shape index (κ3) is 3.67. The molecular weight excluding hydrogens is 288 g/mol. The number of hydrogen-bond acceptors (Lipinski definition) is 2. The van der Waals surface area contributed by atoms with E-state index in [9.17, 15) is 22.7 Å². The maximum Gasteiger partial charge on any atom is 0.391 e. The van der Waals surface area contributed by atoms with Crippen LogP contribution in [-0.2, 0) is 0 Å². The smallest absolute Gasteiger partial charge is 0.391 e. The number of benzene rings is 1. The van der Waals surface area contributed by atoms with Gasteiger partial charge in [0.05, 0.1) is 19.1 Å². The Morgan fingerprint density at radius 1 is 1.19 bits per heavy atom. The van der Waals surface area contributed by atoms with Crippen molar-refractivity contribution >= 4 is 0 Å². The second-order valence-corrected chi connectivity index (χ2v) is 5.49. The molecule has 0 heterocycles. The summed E-state index contributed by atoms with van der Waals surface area (Å²) in [4.78, 5) is 0. The molecule has 1 N–H and O–H groups in total. The summed E-state index contributed by atoms with van der Waals surface area (Å²) in [6.45, 7) is 0. The lowest BCUT2D eigenvalue weighted by atomic mass is 9.77. The molecule has 6 heteroatoms. The Labute approximate surface area is 120 Å². The molecule has 1 aliphatic carbocycles. The molecule has 0 saturated heterocycles. The first-order valence-electron chi connectivity index (χ1n) is 6.91. The Kier molecular flexibility index (Phi) is 4.76. The van der Waals surface area contributed by atoms with E-state index in [1.807, 2.05) is 0 Å². The number of hydrogen-bond donors (Lipinski definition) is 1. The normalized spacial score (nSPS) is 24.7. The standard InChI is InChI=1S/C15H18F4O2/c1-21-11-6-7-12(13(16)8-11)14(20)9-2-4-10(5-3-9)15(17,18)19/h6-10,14,20H,2-5H2,1H3. The van der Waals surface area contributed by atoms with Gasteiger partial charge in [-0.15, -0.1) is 0 Å². The van der Waals surface area contributed by atoms with Crippen LogP contribution in [0.4, 0.5) is 17.6 Å². The molecule has 1 unspecified atom stereocenters. The highest BCUT2D eigenvalue weighted by atomic mass is 19.4. The van der Waals surface area contributed by atoms with Gasteiger partial charge in [0, 0.05) is 11.6 Å². The summed E-state index contributed by atoms with van der Waals surface area (Å²) in [6.07, 6.45) is -4.79. The molecule has 21 heavy (non-hydrogen) atoms. The van der Waals surface area contributed by atoms with Crippen LogP contribution >= 0.6 is 0 Å². The maximum absolute atomic E-state index is 13.9. The van der Waals surface area contributed by atoms with Gasteiger partial charge < -0.3 is 9.84 Å². The molecule has 2 nitrogen and oxygen atoms in total.